The fourth-order valence-electron chi connectivity index (χ4n) is 4.32. The van der Waals surface area contributed by atoms with Gasteiger partial charge < -0.3 is 24.5 Å². The van der Waals surface area contributed by atoms with Crippen molar-refractivity contribution in [3.63, 3.8) is 0 Å². The fourth-order valence-corrected chi connectivity index (χ4v) is 4.32. The zero-order valence-corrected chi connectivity index (χ0v) is 17.3. The predicted molar refractivity (Wildman–Crippen MR) is 108 cm³/mol. The van der Waals surface area contributed by atoms with E-state index in [9.17, 15) is 4.79 Å². The molecule has 0 bridgehead atoms. The first-order valence-corrected chi connectivity index (χ1v) is 10.6. The van der Waals surface area contributed by atoms with E-state index in [1.165, 1.54) is 0 Å². The third kappa shape index (κ3) is 3.73. The zero-order chi connectivity index (χ0) is 21.4. The monoisotopic (exact) mass is 426 g/mol. The second kappa shape index (κ2) is 8.07. The summed E-state index contributed by atoms with van der Waals surface area (Å²) >= 11 is 0. The number of benzene rings is 1. The molecule has 3 aliphatic rings. The van der Waals surface area contributed by atoms with E-state index in [1.807, 2.05) is 37.3 Å². The van der Waals surface area contributed by atoms with E-state index in [1.54, 1.807) is 6.08 Å². The summed E-state index contributed by atoms with van der Waals surface area (Å²) < 4.78 is 16.9. The molecule has 2 aliphatic heterocycles. The standard InChI is InChI=1S/C22H26N4O5/c1-13(29-12-14-10-28-11-14)20-24-25-21(30-20)15-7-17(8-15)22(16-5-3-2-4-6-16)9-18(19(23)27)31-26-22/h2-6,9,13-15,17,26H,7-8,10-12H2,1H3,(H2,23,27)/t13?,15?,17?,22-/m0/s1. The lowest BCUT2D eigenvalue weighted by Gasteiger charge is -2.44. The number of nitrogens with zero attached hydrogens (tertiary/aromatic N) is 2. The summed E-state index contributed by atoms with van der Waals surface area (Å²) in [7, 11) is 0. The average Bonchev–Trinajstić information content (AvgIpc) is 3.35. The van der Waals surface area contributed by atoms with E-state index in [2.05, 4.69) is 15.7 Å². The average molecular weight is 426 g/mol. The van der Waals surface area contributed by atoms with Crippen LogP contribution in [0.25, 0.3) is 0 Å². The smallest absolute Gasteiger partial charge is 0.286 e. The molecule has 1 saturated heterocycles. The third-order valence-electron chi connectivity index (χ3n) is 6.41. The molecule has 1 saturated carbocycles. The Morgan fingerprint density at radius 1 is 1.29 bits per heavy atom. The maximum Gasteiger partial charge on any atom is 0.286 e. The number of rotatable bonds is 8. The molecule has 1 amide bonds. The van der Waals surface area contributed by atoms with Crippen LogP contribution in [-0.2, 0) is 24.6 Å². The van der Waals surface area contributed by atoms with Crippen LogP contribution >= 0.6 is 0 Å². The number of nitrogens with two attached hydrogens (primary N) is 1. The number of nitrogens with one attached hydrogen (secondary N) is 1. The second-order valence-corrected chi connectivity index (χ2v) is 8.53. The van der Waals surface area contributed by atoms with Gasteiger partial charge >= 0.3 is 0 Å². The van der Waals surface area contributed by atoms with Crippen LogP contribution in [0.2, 0.25) is 0 Å². The maximum absolute atomic E-state index is 11.7. The van der Waals surface area contributed by atoms with Crippen molar-refractivity contribution in [1.82, 2.24) is 15.7 Å². The molecule has 2 atom stereocenters. The first kappa shape index (κ1) is 20.2. The first-order valence-electron chi connectivity index (χ1n) is 10.6. The molecule has 5 rings (SSSR count). The summed E-state index contributed by atoms with van der Waals surface area (Å²) in [6.45, 7) is 4.04. The maximum atomic E-state index is 11.7. The Labute approximate surface area is 179 Å². The van der Waals surface area contributed by atoms with E-state index >= 15 is 0 Å². The predicted octanol–water partition coefficient (Wildman–Crippen LogP) is 2.09. The lowest BCUT2D eigenvalue weighted by atomic mass is 9.62. The van der Waals surface area contributed by atoms with E-state index in [-0.39, 0.29) is 23.7 Å². The fraction of sp³-hybridized carbons (Fsp3) is 0.500. The van der Waals surface area contributed by atoms with Crippen molar-refractivity contribution in [3.8, 4) is 0 Å². The van der Waals surface area contributed by atoms with Crippen LogP contribution in [0.15, 0.2) is 46.6 Å². The number of ether oxygens (including phenoxy) is 2. The number of hydroxylamine groups is 1. The van der Waals surface area contributed by atoms with E-state index in [0.717, 1.165) is 31.6 Å². The molecule has 2 fully saturated rings. The topological polar surface area (TPSA) is 122 Å². The van der Waals surface area contributed by atoms with Crippen molar-refractivity contribution in [1.29, 1.82) is 0 Å². The number of carbonyl (C=O) groups is 1. The van der Waals surface area contributed by atoms with Crippen molar-refractivity contribution >= 4 is 5.91 Å². The van der Waals surface area contributed by atoms with Crippen molar-refractivity contribution in [2.75, 3.05) is 19.8 Å². The number of carbonyl (C=O) groups excluding carboxylic acids is 1. The molecular formula is C22H26N4O5. The summed E-state index contributed by atoms with van der Waals surface area (Å²) in [4.78, 5) is 17.1. The molecule has 1 aliphatic carbocycles. The van der Waals surface area contributed by atoms with Crippen LogP contribution < -0.4 is 11.2 Å². The van der Waals surface area contributed by atoms with Crippen molar-refractivity contribution in [3.05, 3.63) is 59.5 Å². The van der Waals surface area contributed by atoms with Crippen LogP contribution in [-0.4, -0.2) is 35.9 Å². The number of amides is 1. The van der Waals surface area contributed by atoms with Gasteiger partial charge in [-0.2, -0.15) is 0 Å². The highest BCUT2D eigenvalue weighted by Gasteiger charge is 2.51. The van der Waals surface area contributed by atoms with Gasteiger partial charge in [-0.15, -0.1) is 15.7 Å². The Kier molecular flexibility index (Phi) is 5.25. The molecule has 3 heterocycles. The van der Waals surface area contributed by atoms with Gasteiger partial charge in [0.2, 0.25) is 17.5 Å². The molecule has 9 nitrogen and oxygen atoms in total. The van der Waals surface area contributed by atoms with Gasteiger partial charge in [0.25, 0.3) is 5.91 Å². The number of primary amides is 1. The highest BCUT2D eigenvalue weighted by molar-refractivity contribution is 5.90. The third-order valence-corrected chi connectivity index (χ3v) is 6.41. The SMILES string of the molecule is CC(OCC1COC1)c1nnc(C2CC([C@@]3(c4ccccc4)C=C(C(N)=O)ON3)C2)o1. The van der Waals surface area contributed by atoms with Gasteiger partial charge in [0.1, 0.15) is 11.6 Å². The molecule has 164 valence electrons. The van der Waals surface area contributed by atoms with Gasteiger partial charge in [-0.05, 0) is 37.3 Å². The lowest BCUT2D eigenvalue weighted by Crippen LogP contribution is -2.48. The minimum atomic E-state index is -0.619. The van der Waals surface area contributed by atoms with Crippen LogP contribution in [0.1, 0.15) is 49.1 Å². The Bertz CT molecular complexity index is 967. The van der Waals surface area contributed by atoms with Gasteiger partial charge in [-0.25, -0.2) is 0 Å². The second-order valence-electron chi connectivity index (χ2n) is 8.53. The molecule has 1 aromatic heterocycles. The highest BCUT2D eigenvalue weighted by atomic mass is 16.7. The van der Waals surface area contributed by atoms with Gasteiger partial charge in [-0.1, -0.05) is 30.3 Å². The minimum Gasteiger partial charge on any atom is -0.422 e. The molecule has 31 heavy (non-hydrogen) atoms. The molecule has 9 heteroatoms. The minimum absolute atomic E-state index is 0.134. The van der Waals surface area contributed by atoms with Gasteiger partial charge in [0, 0.05) is 11.8 Å². The van der Waals surface area contributed by atoms with Gasteiger partial charge in [-0.3, -0.25) is 4.79 Å². The molecular weight excluding hydrogens is 400 g/mol. The zero-order valence-electron chi connectivity index (χ0n) is 17.3. The Morgan fingerprint density at radius 2 is 2.06 bits per heavy atom. The Balaban J connectivity index is 1.27. The van der Waals surface area contributed by atoms with Crippen LogP contribution in [0.3, 0.4) is 0 Å². The van der Waals surface area contributed by atoms with E-state index < -0.39 is 11.4 Å². The van der Waals surface area contributed by atoms with Gasteiger partial charge in [0.15, 0.2) is 0 Å². The van der Waals surface area contributed by atoms with Crippen molar-refractivity contribution in [2.45, 2.75) is 37.3 Å². The summed E-state index contributed by atoms with van der Waals surface area (Å²) in [6, 6.07) is 9.91. The summed E-state index contributed by atoms with van der Waals surface area (Å²) in [5, 5.41) is 8.45. The molecule has 0 radical (unpaired) electrons. The van der Waals surface area contributed by atoms with E-state index in [4.69, 9.17) is 24.5 Å². The normalized spacial score (nSPS) is 28.9. The summed E-state index contributed by atoms with van der Waals surface area (Å²) in [6.07, 6.45) is 3.17. The number of hydrogen-bond acceptors (Lipinski definition) is 8. The lowest BCUT2D eigenvalue weighted by molar-refractivity contribution is -0.119. The largest absolute Gasteiger partial charge is 0.422 e. The quantitative estimate of drug-likeness (QED) is 0.658. The molecule has 0 spiro atoms. The molecule has 1 aromatic carbocycles. The van der Waals surface area contributed by atoms with Crippen LogP contribution in [0.4, 0.5) is 0 Å². The van der Waals surface area contributed by atoms with Crippen molar-refractivity contribution < 1.29 is 23.5 Å². The molecule has 3 N–H and O–H groups in total. The number of hydrogen-bond donors (Lipinski definition) is 2. The summed E-state index contributed by atoms with van der Waals surface area (Å²) in [5.74, 6) is 1.43. The molecule has 1 unspecified atom stereocenters. The first-order chi connectivity index (χ1) is 15.0. The Hall–Kier alpha value is -2.75. The van der Waals surface area contributed by atoms with Crippen LogP contribution in [0, 0.1) is 11.8 Å². The molecule has 2 aromatic rings. The van der Waals surface area contributed by atoms with Gasteiger partial charge in [0.05, 0.1) is 19.8 Å². The van der Waals surface area contributed by atoms with E-state index in [0.29, 0.717) is 24.3 Å². The Morgan fingerprint density at radius 3 is 2.71 bits per heavy atom. The summed E-state index contributed by atoms with van der Waals surface area (Å²) in [5.41, 5.74) is 8.90. The highest BCUT2D eigenvalue weighted by Crippen LogP contribution is 2.52. The van der Waals surface area contributed by atoms with Crippen LogP contribution in [0.5, 0.6) is 0 Å². The van der Waals surface area contributed by atoms with Crippen molar-refractivity contribution in [2.24, 2.45) is 17.6 Å². The number of aromatic nitrogens is 2.